The van der Waals surface area contributed by atoms with Crippen molar-refractivity contribution in [1.29, 1.82) is 0 Å². The lowest BCUT2D eigenvalue weighted by atomic mass is 10.1. The molecule has 0 aliphatic heterocycles. The van der Waals surface area contributed by atoms with E-state index >= 15 is 0 Å². The van der Waals surface area contributed by atoms with E-state index in [2.05, 4.69) is 5.10 Å². The van der Waals surface area contributed by atoms with Crippen LogP contribution in [0.15, 0.2) is 47.4 Å². The first kappa shape index (κ1) is 19.8. The van der Waals surface area contributed by atoms with Crippen LogP contribution in [-0.2, 0) is 10.1 Å². The molecule has 2 aromatic carbocycles. The molecule has 0 bridgehead atoms. The van der Waals surface area contributed by atoms with E-state index in [-0.39, 0.29) is 15.8 Å². The van der Waals surface area contributed by atoms with E-state index in [0.717, 1.165) is 29.3 Å². The summed E-state index contributed by atoms with van der Waals surface area (Å²) in [6.45, 7) is 5.52. The largest absolute Gasteiger partial charge is 0.358 e. The predicted molar refractivity (Wildman–Crippen MR) is 104 cm³/mol. The quantitative estimate of drug-likeness (QED) is 0.348. The van der Waals surface area contributed by atoms with Gasteiger partial charge in [0.15, 0.2) is 0 Å². The number of hydrogen-bond donors (Lipinski definition) is 0. The van der Waals surface area contributed by atoms with Gasteiger partial charge in [-0.05, 0) is 44.5 Å². The fourth-order valence-corrected chi connectivity index (χ4v) is 3.82. The van der Waals surface area contributed by atoms with Crippen molar-refractivity contribution in [3.8, 4) is 11.6 Å². The third-order valence-corrected chi connectivity index (χ3v) is 5.52. The Balaban J connectivity index is 2.05. The minimum atomic E-state index is -4.35. The molecule has 1 heterocycles. The summed E-state index contributed by atoms with van der Waals surface area (Å²) in [5.74, 6) is -0.0259. The van der Waals surface area contributed by atoms with E-state index in [1.165, 1.54) is 10.7 Å². The second-order valence-electron chi connectivity index (χ2n) is 6.23. The van der Waals surface area contributed by atoms with Gasteiger partial charge in [-0.25, -0.2) is 0 Å². The van der Waals surface area contributed by atoms with Gasteiger partial charge in [0.2, 0.25) is 5.88 Å². The van der Waals surface area contributed by atoms with E-state index in [9.17, 15) is 18.5 Å². The molecule has 0 N–H and O–H groups in total. The zero-order valence-electron chi connectivity index (χ0n) is 15.2. The molecule has 10 heteroatoms. The number of halogens is 1. The molecule has 0 spiro atoms. The maximum atomic E-state index is 12.7. The normalized spacial score (nSPS) is 11.4. The molecule has 0 amide bonds. The average molecular weight is 422 g/mol. The highest BCUT2D eigenvalue weighted by Gasteiger charge is 2.25. The van der Waals surface area contributed by atoms with Crippen molar-refractivity contribution in [2.45, 2.75) is 25.7 Å². The van der Waals surface area contributed by atoms with E-state index in [4.69, 9.17) is 15.8 Å². The second-order valence-corrected chi connectivity index (χ2v) is 8.19. The first-order chi connectivity index (χ1) is 13.1. The lowest BCUT2D eigenvalue weighted by molar-refractivity contribution is -0.384. The van der Waals surface area contributed by atoms with E-state index in [0.29, 0.717) is 11.4 Å². The van der Waals surface area contributed by atoms with Crippen molar-refractivity contribution in [3.05, 3.63) is 74.4 Å². The molecule has 3 rings (SSSR count). The Kier molecular flexibility index (Phi) is 5.14. The fraction of sp³-hybridized carbons (Fsp3) is 0.167. The first-order valence-electron chi connectivity index (χ1n) is 8.11. The maximum absolute atomic E-state index is 12.7. The molecule has 8 nitrogen and oxygen atoms in total. The molecule has 1 aromatic heterocycles. The molecule has 146 valence electrons. The molecule has 3 aromatic rings. The van der Waals surface area contributed by atoms with Crippen LogP contribution in [0, 0.1) is 30.9 Å². The van der Waals surface area contributed by atoms with Crippen LogP contribution in [0.25, 0.3) is 5.69 Å². The van der Waals surface area contributed by atoms with Crippen molar-refractivity contribution < 1.29 is 17.5 Å². The van der Waals surface area contributed by atoms with Crippen LogP contribution in [0.4, 0.5) is 5.69 Å². The van der Waals surface area contributed by atoms with Crippen LogP contribution in [0.2, 0.25) is 5.02 Å². The zero-order valence-corrected chi connectivity index (χ0v) is 16.8. The Morgan fingerprint density at radius 3 is 2.46 bits per heavy atom. The number of aromatic nitrogens is 2. The number of hydrogen-bond acceptors (Lipinski definition) is 6. The van der Waals surface area contributed by atoms with E-state index in [1.54, 1.807) is 6.92 Å². The van der Waals surface area contributed by atoms with Crippen molar-refractivity contribution in [3.63, 3.8) is 0 Å². The number of benzene rings is 2. The number of nitrogens with zero attached hydrogens (tertiary/aromatic N) is 3. The van der Waals surface area contributed by atoms with Crippen LogP contribution >= 0.6 is 11.6 Å². The fourth-order valence-electron chi connectivity index (χ4n) is 2.70. The smallest absolute Gasteiger partial charge is 0.340 e. The highest BCUT2D eigenvalue weighted by atomic mass is 35.5. The molecule has 0 saturated heterocycles. The molecule has 0 aliphatic carbocycles. The van der Waals surface area contributed by atoms with E-state index in [1.807, 2.05) is 32.0 Å². The Labute approximate surface area is 166 Å². The summed E-state index contributed by atoms with van der Waals surface area (Å²) in [6, 6.07) is 10.2. The Morgan fingerprint density at radius 2 is 1.82 bits per heavy atom. The van der Waals surface area contributed by atoms with Crippen LogP contribution in [0.5, 0.6) is 5.88 Å². The van der Waals surface area contributed by atoms with Crippen LogP contribution in [0.3, 0.4) is 0 Å². The van der Waals surface area contributed by atoms with E-state index < -0.39 is 20.7 Å². The summed E-state index contributed by atoms with van der Waals surface area (Å²) in [6.07, 6.45) is 0. The zero-order chi connectivity index (χ0) is 20.6. The Morgan fingerprint density at radius 1 is 1.11 bits per heavy atom. The summed E-state index contributed by atoms with van der Waals surface area (Å²) in [7, 11) is -4.35. The highest BCUT2D eigenvalue weighted by molar-refractivity contribution is 7.87. The number of nitro groups is 1. The lowest BCUT2D eigenvalue weighted by Crippen LogP contribution is -2.13. The number of nitro benzene ring substituents is 1. The molecular formula is C18H16ClN3O5S. The minimum absolute atomic E-state index is 0.0259. The average Bonchev–Trinajstić information content (AvgIpc) is 2.94. The van der Waals surface area contributed by atoms with Gasteiger partial charge in [0.25, 0.3) is 5.69 Å². The monoisotopic (exact) mass is 421 g/mol. The minimum Gasteiger partial charge on any atom is -0.358 e. The van der Waals surface area contributed by atoms with Crippen molar-refractivity contribution in [2.75, 3.05) is 0 Å². The molecule has 0 atom stereocenters. The SMILES string of the molecule is Cc1ccc(-n2nc(C)cc2OS(=O)(=O)c2ccc(Cl)c([N+](=O)[O-])c2)c(C)c1. The van der Waals surface area contributed by atoms with Crippen LogP contribution < -0.4 is 4.18 Å². The Hall–Kier alpha value is -2.91. The summed E-state index contributed by atoms with van der Waals surface area (Å²) < 4.78 is 32.0. The van der Waals surface area contributed by atoms with Gasteiger partial charge in [-0.2, -0.15) is 18.2 Å². The van der Waals surface area contributed by atoms with Crippen LogP contribution in [-0.4, -0.2) is 23.1 Å². The molecule has 0 saturated carbocycles. The second kappa shape index (κ2) is 7.25. The Bertz CT molecular complexity index is 1190. The summed E-state index contributed by atoms with van der Waals surface area (Å²) in [4.78, 5) is 9.90. The molecule has 28 heavy (non-hydrogen) atoms. The highest BCUT2D eigenvalue weighted by Crippen LogP contribution is 2.30. The molecule has 0 unspecified atom stereocenters. The predicted octanol–water partition coefficient (Wildman–Crippen LogP) is 4.13. The molecular weight excluding hydrogens is 406 g/mol. The van der Waals surface area contributed by atoms with Gasteiger partial charge < -0.3 is 4.18 Å². The summed E-state index contributed by atoms with van der Waals surface area (Å²) in [5, 5.41) is 15.2. The molecule has 0 radical (unpaired) electrons. The van der Waals surface area contributed by atoms with Crippen molar-refractivity contribution in [1.82, 2.24) is 9.78 Å². The van der Waals surface area contributed by atoms with Gasteiger partial charge >= 0.3 is 10.1 Å². The number of rotatable bonds is 5. The molecule has 0 fully saturated rings. The third-order valence-electron chi connectivity index (χ3n) is 3.98. The maximum Gasteiger partial charge on any atom is 0.340 e. The summed E-state index contributed by atoms with van der Waals surface area (Å²) in [5.41, 5.74) is 2.62. The molecule has 0 aliphatic rings. The van der Waals surface area contributed by atoms with Gasteiger partial charge in [0.1, 0.15) is 9.92 Å². The van der Waals surface area contributed by atoms with Crippen LogP contribution in [0.1, 0.15) is 16.8 Å². The van der Waals surface area contributed by atoms with Gasteiger partial charge in [-0.1, -0.05) is 29.3 Å². The lowest BCUT2D eigenvalue weighted by Gasteiger charge is -2.12. The van der Waals surface area contributed by atoms with Gasteiger partial charge in [0, 0.05) is 12.1 Å². The first-order valence-corrected chi connectivity index (χ1v) is 9.90. The number of aryl methyl sites for hydroxylation is 3. The third kappa shape index (κ3) is 3.85. The topological polar surface area (TPSA) is 104 Å². The standard InChI is InChI=1S/C18H16ClN3O5S/c1-11-4-7-16(12(2)8-11)21-18(9-13(3)20-21)27-28(25,26)14-5-6-15(19)17(10-14)22(23)24/h4-10H,1-3H3. The summed E-state index contributed by atoms with van der Waals surface area (Å²) >= 11 is 5.75. The van der Waals surface area contributed by atoms with Gasteiger partial charge in [-0.3, -0.25) is 10.1 Å². The van der Waals surface area contributed by atoms with Crippen molar-refractivity contribution >= 4 is 27.4 Å². The van der Waals surface area contributed by atoms with Gasteiger partial charge in [-0.15, -0.1) is 0 Å². The van der Waals surface area contributed by atoms with Gasteiger partial charge in [0.05, 0.1) is 16.3 Å². The van der Waals surface area contributed by atoms with Crippen molar-refractivity contribution in [2.24, 2.45) is 0 Å².